The first kappa shape index (κ1) is 23.4. The Morgan fingerprint density at radius 2 is 2.06 bits per heavy atom. The fraction of sp³-hybridized carbons (Fsp3) is 0.280. The number of nitrogens with zero attached hydrogens (tertiary/aromatic N) is 5. The minimum absolute atomic E-state index is 0.291. The second-order valence-corrected chi connectivity index (χ2v) is 10.8. The first-order valence-electron chi connectivity index (χ1n) is 11.1. The summed E-state index contributed by atoms with van der Waals surface area (Å²) >= 11 is 8.28. The topological polar surface area (TPSA) is 86.3 Å². The Hall–Kier alpha value is -3.30. The second kappa shape index (κ2) is 9.05. The maximum Gasteiger partial charge on any atom is 0.419 e. The lowest BCUT2D eigenvalue weighted by atomic mass is 10.1. The summed E-state index contributed by atoms with van der Waals surface area (Å²) in [4.78, 5) is 22.1. The van der Waals surface area contributed by atoms with Crippen molar-refractivity contribution in [2.45, 2.75) is 31.6 Å². The molecule has 10 heteroatoms. The quantitative estimate of drug-likeness (QED) is 0.341. The van der Waals surface area contributed by atoms with Gasteiger partial charge in [0.05, 0.1) is 45.5 Å². The van der Waals surface area contributed by atoms with Gasteiger partial charge in [-0.3, -0.25) is 9.67 Å². The van der Waals surface area contributed by atoms with E-state index in [-0.39, 0.29) is 0 Å². The SMILES string of the molecule is Cn1cc(-c2cc3cnc(Nc4ccc(C5CN=CS5)cc4Cl)cc3n2C(=O)OC(C)(C)C)cn1. The molecule has 5 rings (SSSR count). The second-order valence-electron chi connectivity index (χ2n) is 9.34. The van der Waals surface area contributed by atoms with E-state index in [1.807, 2.05) is 69.9 Å². The highest BCUT2D eigenvalue weighted by molar-refractivity contribution is 8.12. The van der Waals surface area contributed by atoms with Crippen LogP contribution in [0.2, 0.25) is 5.02 Å². The molecule has 1 aromatic carbocycles. The molecular weight excluding hydrogens is 484 g/mol. The van der Waals surface area contributed by atoms with Gasteiger partial charge in [-0.15, -0.1) is 11.8 Å². The minimum Gasteiger partial charge on any atom is -0.443 e. The lowest BCUT2D eigenvalue weighted by Crippen LogP contribution is -2.27. The Kier molecular flexibility index (Phi) is 6.06. The first-order valence-corrected chi connectivity index (χ1v) is 12.4. The number of aryl methyl sites for hydroxylation is 1. The summed E-state index contributed by atoms with van der Waals surface area (Å²) in [7, 11) is 1.83. The van der Waals surface area contributed by atoms with E-state index in [0.29, 0.717) is 27.3 Å². The van der Waals surface area contributed by atoms with E-state index in [1.165, 1.54) is 0 Å². The Morgan fingerprint density at radius 1 is 1.23 bits per heavy atom. The van der Waals surface area contributed by atoms with Crippen molar-refractivity contribution in [3.63, 3.8) is 0 Å². The summed E-state index contributed by atoms with van der Waals surface area (Å²) in [5.74, 6) is 0.561. The molecule has 1 N–H and O–H groups in total. The number of thioether (sulfide) groups is 1. The van der Waals surface area contributed by atoms with E-state index in [4.69, 9.17) is 16.3 Å². The van der Waals surface area contributed by atoms with Crippen LogP contribution >= 0.6 is 23.4 Å². The van der Waals surface area contributed by atoms with Crippen LogP contribution in [0.5, 0.6) is 0 Å². The van der Waals surface area contributed by atoms with Crippen LogP contribution < -0.4 is 5.32 Å². The summed E-state index contributed by atoms with van der Waals surface area (Å²) in [6, 6.07) is 9.68. The molecular formula is C25H25ClN6O2S. The number of aromatic nitrogens is 4. The molecule has 0 saturated heterocycles. The average Bonchev–Trinajstić information content (AvgIpc) is 3.53. The summed E-state index contributed by atoms with van der Waals surface area (Å²) < 4.78 is 8.98. The molecule has 1 unspecified atom stereocenters. The van der Waals surface area contributed by atoms with Crippen LogP contribution in [0.4, 0.5) is 16.3 Å². The van der Waals surface area contributed by atoms with Crippen LogP contribution in [-0.2, 0) is 11.8 Å². The number of anilines is 2. The molecule has 1 aliphatic rings. The third kappa shape index (κ3) is 4.92. The van der Waals surface area contributed by atoms with Gasteiger partial charge in [0.25, 0.3) is 0 Å². The predicted molar refractivity (Wildman–Crippen MR) is 142 cm³/mol. The van der Waals surface area contributed by atoms with Crippen LogP contribution in [0.15, 0.2) is 53.9 Å². The van der Waals surface area contributed by atoms with Crippen molar-refractivity contribution in [2.24, 2.45) is 12.0 Å². The highest BCUT2D eigenvalue weighted by Crippen LogP contribution is 2.36. The normalized spacial score (nSPS) is 15.6. The van der Waals surface area contributed by atoms with Gasteiger partial charge in [0.2, 0.25) is 0 Å². The zero-order valence-corrected chi connectivity index (χ0v) is 21.4. The molecule has 35 heavy (non-hydrogen) atoms. The molecule has 0 spiro atoms. The van der Waals surface area contributed by atoms with E-state index in [1.54, 1.807) is 33.4 Å². The highest BCUT2D eigenvalue weighted by atomic mass is 35.5. The Bertz CT molecular complexity index is 1440. The van der Waals surface area contributed by atoms with Gasteiger partial charge in [-0.25, -0.2) is 14.3 Å². The van der Waals surface area contributed by atoms with Crippen molar-refractivity contribution in [2.75, 3.05) is 11.9 Å². The third-order valence-electron chi connectivity index (χ3n) is 5.46. The monoisotopic (exact) mass is 508 g/mol. The number of carbonyl (C=O) groups is 1. The van der Waals surface area contributed by atoms with E-state index in [2.05, 4.69) is 20.4 Å². The van der Waals surface area contributed by atoms with Crippen molar-refractivity contribution in [3.8, 4) is 11.3 Å². The molecule has 3 aromatic heterocycles. The lowest BCUT2D eigenvalue weighted by molar-refractivity contribution is 0.0547. The van der Waals surface area contributed by atoms with Gasteiger partial charge in [0, 0.05) is 36.5 Å². The molecule has 180 valence electrons. The Balaban J connectivity index is 1.52. The summed E-state index contributed by atoms with van der Waals surface area (Å²) in [5, 5.41) is 9.23. The molecule has 0 radical (unpaired) electrons. The lowest BCUT2D eigenvalue weighted by Gasteiger charge is -2.21. The van der Waals surface area contributed by atoms with Crippen LogP contribution in [0, 0.1) is 0 Å². The van der Waals surface area contributed by atoms with Gasteiger partial charge in [-0.1, -0.05) is 17.7 Å². The maximum absolute atomic E-state index is 13.3. The number of halogens is 1. The van der Waals surface area contributed by atoms with Crippen LogP contribution in [0.3, 0.4) is 0 Å². The Morgan fingerprint density at radius 3 is 2.71 bits per heavy atom. The average molecular weight is 509 g/mol. The van der Waals surface area contributed by atoms with Gasteiger partial charge >= 0.3 is 6.09 Å². The molecule has 4 aromatic rings. The third-order valence-corrected chi connectivity index (χ3v) is 6.79. The number of hydrogen-bond acceptors (Lipinski definition) is 7. The van der Waals surface area contributed by atoms with Crippen LogP contribution in [0.25, 0.3) is 22.2 Å². The summed E-state index contributed by atoms with van der Waals surface area (Å²) in [5.41, 5.74) is 5.25. The number of ether oxygens (including phenoxy) is 1. The van der Waals surface area contributed by atoms with Crippen molar-refractivity contribution in [1.29, 1.82) is 0 Å². The van der Waals surface area contributed by atoms with E-state index in [9.17, 15) is 4.79 Å². The molecule has 1 aliphatic heterocycles. The van der Waals surface area contributed by atoms with Gasteiger partial charge in [0.1, 0.15) is 11.4 Å². The number of nitrogens with one attached hydrogen (secondary N) is 1. The minimum atomic E-state index is -0.647. The molecule has 0 fully saturated rings. The maximum atomic E-state index is 13.3. The van der Waals surface area contributed by atoms with Gasteiger partial charge < -0.3 is 10.1 Å². The van der Waals surface area contributed by atoms with Crippen molar-refractivity contribution in [3.05, 3.63) is 59.5 Å². The predicted octanol–water partition coefficient (Wildman–Crippen LogP) is 6.43. The number of aliphatic imine (C=N–C) groups is 1. The summed E-state index contributed by atoms with van der Waals surface area (Å²) in [6.07, 6.45) is 4.84. The van der Waals surface area contributed by atoms with Gasteiger partial charge in [0.15, 0.2) is 0 Å². The molecule has 0 saturated carbocycles. The molecule has 0 amide bonds. The highest BCUT2D eigenvalue weighted by Gasteiger charge is 2.24. The van der Waals surface area contributed by atoms with Gasteiger partial charge in [-0.05, 0) is 44.5 Å². The molecule has 0 bridgehead atoms. The fourth-order valence-electron chi connectivity index (χ4n) is 3.89. The zero-order valence-electron chi connectivity index (χ0n) is 19.8. The number of pyridine rings is 1. The molecule has 4 heterocycles. The van der Waals surface area contributed by atoms with Crippen LogP contribution in [0.1, 0.15) is 31.6 Å². The largest absolute Gasteiger partial charge is 0.443 e. The number of rotatable bonds is 4. The smallest absolute Gasteiger partial charge is 0.419 e. The van der Waals surface area contributed by atoms with Gasteiger partial charge in [-0.2, -0.15) is 5.10 Å². The number of carbonyl (C=O) groups excluding carboxylic acids is 1. The van der Waals surface area contributed by atoms with Crippen molar-refractivity contribution in [1.82, 2.24) is 19.3 Å². The molecule has 1 atom stereocenters. The van der Waals surface area contributed by atoms with Crippen LogP contribution in [-0.4, -0.2) is 43.1 Å². The van der Waals surface area contributed by atoms with Crippen molar-refractivity contribution < 1.29 is 9.53 Å². The standard InChI is InChI=1S/C25H25ClN6O2S/c1-25(2,3)34-24(33)32-20(17-11-29-31(4)13-17)8-16-10-28-23(9-21(16)32)30-19-6-5-15(7-18(19)26)22-12-27-14-35-22/h5-11,13-14,22H,12H2,1-4H3,(H,28,30). The Labute approximate surface area is 212 Å². The number of fused-ring (bicyclic) bond motifs is 1. The molecule has 8 nitrogen and oxygen atoms in total. The van der Waals surface area contributed by atoms with E-state index >= 15 is 0 Å². The zero-order chi connectivity index (χ0) is 24.7. The van der Waals surface area contributed by atoms with E-state index in [0.717, 1.165) is 28.7 Å². The van der Waals surface area contributed by atoms with E-state index < -0.39 is 11.7 Å². The fourth-order valence-corrected chi connectivity index (χ4v) is 4.92. The number of hydrogen-bond donors (Lipinski definition) is 1. The molecule has 0 aliphatic carbocycles. The first-order chi connectivity index (χ1) is 16.7. The van der Waals surface area contributed by atoms with Crippen molar-refractivity contribution >= 4 is 57.4 Å². The number of benzene rings is 1. The summed E-state index contributed by atoms with van der Waals surface area (Å²) in [6.45, 7) is 6.29.